The van der Waals surface area contributed by atoms with Gasteiger partial charge in [0.1, 0.15) is 11.4 Å². The van der Waals surface area contributed by atoms with Gasteiger partial charge in [0.05, 0.1) is 7.11 Å². The molecule has 0 spiro atoms. The van der Waals surface area contributed by atoms with Crippen LogP contribution in [0.3, 0.4) is 0 Å². The van der Waals surface area contributed by atoms with Gasteiger partial charge in [-0.15, -0.1) is 0 Å². The molecule has 0 radical (unpaired) electrons. The van der Waals surface area contributed by atoms with Gasteiger partial charge in [0.15, 0.2) is 0 Å². The predicted molar refractivity (Wildman–Crippen MR) is 54.4 cm³/mol. The summed E-state index contributed by atoms with van der Waals surface area (Å²) in [7, 11) is 1.19. The number of rotatable bonds is 3. The molecule has 7 heteroatoms. The number of nitrogens with two attached hydrogens (primary N) is 1. The maximum Gasteiger partial charge on any atom is 0.424 e. The quantitative estimate of drug-likeness (QED) is 0.845. The lowest BCUT2D eigenvalue weighted by Crippen LogP contribution is -2.54. The number of methoxy groups -OCH3 is 1. The molecular weight excluding hydrogens is 237 g/mol. The average Bonchev–Trinajstić information content (AvgIpc) is 2.26. The van der Waals surface area contributed by atoms with Crippen molar-refractivity contribution in [3.8, 4) is 5.75 Å². The topological polar surface area (TPSA) is 68.4 Å². The Morgan fingerprint density at radius 1 is 1.47 bits per heavy atom. The molecule has 0 fully saturated rings. The number of hydrogen-bond acceptors (Lipinski definition) is 4. The van der Waals surface area contributed by atoms with Crippen LogP contribution in [0.15, 0.2) is 18.3 Å². The molecule has 17 heavy (non-hydrogen) atoms. The van der Waals surface area contributed by atoms with Gasteiger partial charge in [-0.05, 0) is 19.1 Å². The Kier molecular flexibility index (Phi) is 3.63. The summed E-state index contributed by atoms with van der Waals surface area (Å²) < 4.78 is 43.6. The van der Waals surface area contributed by atoms with E-state index in [9.17, 15) is 18.3 Å². The van der Waals surface area contributed by atoms with E-state index >= 15 is 0 Å². The van der Waals surface area contributed by atoms with Crippen LogP contribution in [0.25, 0.3) is 0 Å². The third-order valence-electron chi connectivity index (χ3n) is 2.44. The first-order chi connectivity index (χ1) is 7.75. The summed E-state index contributed by atoms with van der Waals surface area (Å²) >= 11 is 0. The molecule has 0 aliphatic rings. The molecule has 0 aliphatic heterocycles. The summed E-state index contributed by atoms with van der Waals surface area (Å²) in [5.74, 6) is -0.162. The largest absolute Gasteiger partial charge is 0.495 e. The number of aromatic nitrogens is 1. The Morgan fingerprint density at radius 3 is 2.47 bits per heavy atom. The normalized spacial score (nSPS) is 17.4. The molecular formula is C10H13F3N2O2. The highest BCUT2D eigenvalue weighted by Gasteiger charge is 2.59. The molecule has 4 nitrogen and oxygen atoms in total. The molecule has 1 heterocycles. The molecule has 0 aromatic carbocycles. The minimum Gasteiger partial charge on any atom is -0.495 e. The summed E-state index contributed by atoms with van der Waals surface area (Å²) in [5.41, 5.74) is 1.38. The van der Waals surface area contributed by atoms with E-state index in [0.717, 1.165) is 13.1 Å². The SMILES string of the molecule is COc1cccnc1C(O)(C(C)N)C(F)(F)F. The number of alkyl halides is 3. The number of ether oxygens (including phenoxy) is 1. The van der Waals surface area contributed by atoms with Crippen LogP contribution in [0.2, 0.25) is 0 Å². The highest BCUT2D eigenvalue weighted by molar-refractivity contribution is 5.34. The van der Waals surface area contributed by atoms with E-state index in [0.29, 0.717) is 0 Å². The summed E-state index contributed by atoms with van der Waals surface area (Å²) in [5, 5.41) is 9.82. The van der Waals surface area contributed by atoms with Gasteiger partial charge in [0.25, 0.3) is 0 Å². The minimum absolute atomic E-state index is 0.162. The Balaban J connectivity index is 3.43. The van der Waals surface area contributed by atoms with Gasteiger partial charge < -0.3 is 15.6 Å². The van der Waals surface area contributed by atoms with E-state index in [2.05, 4.69) is 4.98 Å². The van der Waals surface area contributed by atoms with Crippen LogP contribution in [0.4, 0.5) is 13.2 Å². The lowest BCUT2D eigenvalue weighted by Gasteiger charge is -2.33. The lowest BCUT2D eigenvalue weighted by molar-refractivity contribution is -0.274. The molecule has 0 bridgehead atoms. The predicted octanol–water partition coefficient (Wildman–Crippen LogP) is 1.19. The molecule has 0 saturated heterocycles. The van der Waals surface area contributed by atoms with E-state index in [1.54, 1.807) is 0 Å². The number of nitrogens with zero attached hydrogens (tertiary/aromatic N) is 1. The summed E-state index contributed by atoms with van der Waals surface area (Å²) in [6.07, 6.45) is -3.81. The smallest absolute Gasteiger partial charge is 0.424 e. The molecule has 2 unspecified atom stereocenters. The van der Waals surface area contributed by atoms with Gasteiger partial charge in [0.2, 0.25) is 5.60 Å². The summed E-state index contributed by atoms with van der Waals surface area (Å²) in [4.78, 5) is 3.53. The zero-order valence-corrected chi connectivity index (χ0v) is 9.32. The van der Waals surface area contributed by atoms with Crippen molar-refractivity contribution >= 4 is 0 Å². The van der Waals surface area contributed by atoms with Gasteiger partial charge in [-0.25, -0.2) is 0 Å². The second-order valence-corrected chi connectivity index (χ2v) is 3.61. The van der Waals surface area contributed by atoms with Crippen LogP contribution in [-0.2, 0) is 5.60 Å². The maximum absolute atomic E-state index is 12.9. The zero-order chi connectivity index (χ0) is 13.3. The molecule has 0 saturated carbocycles. The first-order valence-corrected chi connectivity index (χ1v) is 4.79. The minimum atomic E-state index is -4.94. The van der Waals surface area contributed by atoms with Gasteiger partial charge in [-0.1, -0.05) is 0 Å². The van der Waals surface area contributed by atoms with E-state index in [1.165, 1.54) is 19.2 Å². The molecule has 1 aromatic rings. The number of halogens is 3. The maximum atomic E-state index is 12.9. The van der Waals surface area contributed by atoms with E-state index in [-0.39, 0.29) is 5.75 Å². The fraction of sp³-hybridized carbons (Fsp3) is 0.500. The Labute approximate surface area is 96.2 Å². The lowest BCUT2D eigenvalue weighted by atomic mass is 9.90. The second kappa shape index (κ2) is 4.50. The average molecular weight is 250 g/mol. The fourth-order valence-electron chi connectivity index (χ4n) is 1.45. The summed E-state index contributed by atoms with van der Waals surface area (Å²) in [6, 6.07) is 1.10. The van der Waals surface area contributed by atoms with Crippen molar-refractivity contribution in [3.63, 3.8) is 0 Å². The van der Waals surface area contributed by atoms with E-state index in [4.69, 9.17) is 10.5 Å². The first-order valence-electron chi connectivity index (χ1n) is 4.79. The molecule has 1 rings (SSSR count). The molecule has 0 aliphatic carbocycles. The van der Waals surface area contributed by atoms with Crippen molar-refractivity contribution in [3.05, 3.63) is 24.0 Å². The molecule has 2 atom stereocenters. The van der Waals surface area contributed by atoms with E-state index in [1.807, 2.05) is 0 Å². The molecule has 96 valence electrons. The highest BCUT2D eigenvalue weighted by atomic mass is 19.4. The van der Waals surface area contributed by atoms with Crippen molar-refractivity contribution in [2.45, 2.75) is 24.7 Å². The van der Waals surface area contributed by atoms with Crippen molar-refractivity contribution in [1.82, 2.24) is 4.98 Å². The molecule has 0 amide bonds. The standard InChI is InChI=1S/C10H13F3N2O2/c1-6(14)9(16,10(11,12)13)8-7(17-2)4-3-5-15-8/h3-6,16H,14H2,1-2H3. The Bertz CT molecular complexity index is 395. The highest BCUT2D eigenvalue weighted by Crippen LogP contribution is 2.43. The number of aliphatic hydroxyl groups is 1. The van der Waals surface area contributed by atoms with E-state index < -0.39 is 23.5 Å². The van der Waals surface area contributed by atoms with Crippen LogP contribution in [-0.4, -0.2) is 29.4 Å². The third kappa shape index (κ3) is 2.20. The van der Waals surface area contributed by atoms with Gasteiger partial charge in [-0.2, -0.15) is 13.2 Å². The second-order valence-electron chi connectivity index (χ2n) is 3.61. The molecule has 1 aromatic heterocycles. The van der Waals surface area contributed by atoms with Crippen LogP contribution in [0.1, 0.15) is 12.6 Å². The van der Waals surface area contributed by atoms with Crippen molar-refractivity contribution in [2.75, 3.05) is 7.11 Å². The zero-order valence-electron chi connectivity index (χ0n) is 9.32. The van der Waals surface area contributed by atoms with Gasteiger partial charge >= 0.3 is 6.18 Å². The number of hydrogen-bond donors (Lipinski definition) is 2. The van der Waals surface area contributed by atoms with Gasteiger partial charge in [-0.3, -0.25) is 4.98 Å². The van der Waals surface area contributed by atoms with Crippen molar-refractivity contribution < 1.29 is 23.0 Å². The Hall–Kier alpha value is -1.34. The number of pyridine rings is 1. The van der Waals surface area contributed by atoms with Crippen molar-refractivity contribution in [2.24, 2.45) is 5.73 Å². The fourth-order valence-corrected chi connectivity index (χ4v) is 1.45. The van der Waals surface area contributed by atoms with Crippen LogP contribution >= 0.6 is 0 Å². The summed E-state index contributed by atoms with van der Waals surface area (Å²) in [6.45, 7) is 1.06. The van der Waals surface area contributed by atoms with Crippen LogP contribution in [0, 0.1) is 0 Å². The monoisotopic (exact) mass is 250 g/mol. The van der Waals surface area contributed by atoms with Crippen molar-refractivity contribution in [1.29, 1.82) is 0 Å². The Morgan fingerprint density at radius 2 is 2.06 bits per heavy atom. The van der Waals surface area contributed by atoms with Crippen LogP contribution < -0.4 is 10.5 Å². The first kappa shape index (κ1) is 13.7. The molecule has 3 N–H and O–H groups in total. The van der Waals surface area contributed by atoms with Gasteiger partial charge in [0, 0.05) is 12.2 Å². The third-order valence-corrected chi connectivity index (χ3v) is 2.44. The van der Waals surface area contributed by atoms with Crippen LogP contribution in [0.5, 0.6) is 5.75 Å².